The lowest BCUT2D eigenvalue weighted by Gasteiger charge is -2.39. The zero-order valence-corrected chi connectivity index (χ0v) is 26.5. The third-order valence-corrected chi connectivity index (χ3v) is 14.4. The fraction of sp³-hybridized carbons (Fsp3) is 0.500. The molecule has 204 valence electrons. The largest absolute Gasteiger partial charge is 1.00 e. The standard InChI is InChI=1S/C36H48P.HI/c1-2-3-7-14-30-21-25-32(26-22-30)33-27-23-31(24-28-33)29-37(34-15-8-4-9-16-34,35-17-10-5-11-18-35)36-19-12-6-13-20-36;/h4-6,8-13,15-20,30-33H,2-3,7,14,21-29H2,1H3;1H/q+1;/p-1/t30-,31?,32-,33?;. The van der Waals surface area contributed by atoms with Gasteiger partial charge in [0.25, 0.3) is 0 Å². The first-order valence-electron chi connectivity index (χ1n) is 15.3. The molecule has 2 saturated carbocycles. The summed E-state index contributed by atoms with van der Waals surface area (Å²) >= 11 is 0. The molecule has 2 heteroatoms. The van der Waals surface area contributed by atoms with Crippen LogP contribution in [0.4, 0.5) is 0 Å². The van der Waals surface area contributed by atoms with E-state index in [0.29, 0.717) is 0 Å². The van der Waals surface area contributed by atoms with Crippen molar-refractivity contribution in [3.63, 3.8) is 0 Å². The second kappa shape index (κ2) is 15.0. The Morgan fingerprint density at radius 3 is 1.32 bits per heavy atom. The Balaban J connectivity index is 0.00000336. The molecule has 0 aliphatic heterocycles. The highest BCUT2D eigenvalue weighted by atomic mass is 127. The number of benzene rings is 3. The van der Waals surface area contributed by atoms with Crippen molar-refractivity contribution in [3.8, 4) is 0 Å². The van der Waals surface area contributed by atoms with Crippen LogP contribution in [0.2, 0.25) is 0 Å². The molecule has 3 aromatic carbocycles. The zero-order valence-electron chi connectivity index (χ0n) is 23.5. The first-order chi connectivity index (χ1) is 18.3. The predicted molar refractivity (Wildman–Crippen MR) is 165 cm³/mol. The third kappa shape index (κ3) is 7.11. The lowest BCUT2D eigenvalue weighted by Crippen LogP contribution is -3.00. The van der Waals surface area contributed by atoms with Crippen LogP contribution in [0.5, 0.6) is 0 Å². The highest BCUT2D eigenvalue weighted by Gasteiger charge is 2.47. The van der Waals surface area contributed by atoms with Gasteiger partial charge in [0.2, 0.25) is 0 Å². The first kappa shape index (κ1) is 29.8. The zero-order chi connectivity index (χ0) is 25.3. The van der Waals surface area contributed by atoms with Crippen molar-refractivity contribution < 1.29 is 24.0 Å². The molecule has 0 bridgehead atoms. The molecule has 38 heavy (non-hydrogen) atoms. The van der Waals surface area contributed by atoms with Crippen molar-refractivity contribution in [2.24, 2.45) is 23.7 Å². The molecule has 0 amide bonds. The minimum Gasteiger partial charge on any atom is -1.00 e. The Bertz CT molecular complexity index is 938. The van der Waals surface area contributed by atoms with Gasteiger partial charge in [-0.25, -0.2) is 0 Å². The van der Waals surface area contributed by atoms with Gasteiger partial charge in [-0.2, -0.15) is 0 Å². The third-order valence-electron chi connectivity index (χ3n) is 9.79. The maximum atomic E-state index is 2.42. The molecule has 5 rings (SSSR count). The smallest absolute Gasteiger partial charge is 0.112 e. The van der Waals surface area contributed by atoms with Crippen LogP contribution in [0.3, 0.4) is 0 Å². The molecule has 0 saturated heterocycles. The first-order valence-corrected chi connectivity index (χ1v) is 17.3. The molecular formula is C36H48IP. The van der Waals surface area contributed by atoms with Crippen molar-refractivity contribution in [2.45, 2.75) is 84.0 Å². The van der Waals surface area contributed by atoms with Crippen LogP contribution in [0.15, 0.2) is 91.0 Å². The number of hydrogen-bond acceptors (Lipinski definition) is 0. The number of rotatable bonds is 10. The SMILES string of the molecule is CCCCC[C@H]1CC[C@H](C2CCC(C[P+](c3ccccc3)(c3ccccc3)c3ccccc3)CC2)CC1.[I-]. The van der Waals surface area contributed by atoms with E-state index < -0.39 is 7.26 Å². The van der Waals surface area contributed by atoms with Crippen molar-refractivity contribution in [3.05, 3.63) is 91.0 Å². The van der Waals surface area contributed by atoms with E-state index in [1.54, 1.807) is 15.9 Å². The summed E-state index contributed by atoms with van der Waals surface area (Å²) in [6.07, 6.45) is 18.9. The molecule has 0 radical (unpaired) electrons. The lowest BCUT2D eigenvalue weighted by atomic mass is 9.69. The molecule has 0 unspecified atom stereocenters. The van der Waals surface area contributed by atoms with E-state index in [1.807, 2.05) is 0 Å². The van der Waals surface area contributed by atoms with Gasteiger partial charge in [-0.05, 0) is 98.6 Å². The quantitative estimate of drug-likeness (QED) is 0.142. The van der Waals surface area contributed by atoms with Crippen LogP contribution in [0.1, 0.15) is 84.0 Å². The molecule has 0 aromatic heterocycles. The van der Waals surface area contributed by atoms with Gasteiger partial charge in [0.1, 0.15) is 23.2 Å². The summed E-state index contributed by atoms with van der Waals surface area (Å²) < 4.78 is 0. The van der Waals surface area contributed by atoms with Crippen LogP contribution in [0.25, 0.3) is 0 Å². The van der Waals surface area contributed by atoms with E-state index in [-0.39, 0.29) is 24.0 Å². The Kier molecular flexibility index (Phi) is 11.8. The van der Waals surface area contributed by atoms with Gasteiger partial charge in [-0.3, -0.25) is 0 Å². The molecule has 2 aliphatic rings. The summed E-state index contributed by atoms with van der Waals surface area (Å²) in [4.78, 5) is 0. The summed E-state index contributed by atoms with van der Waals surface area (Å²) in [5.74, 6) is 3.87. The lowest BCUT2D eigenvalue weighted by molar-refractivity contribution is -0.00000755. The van der Waals surface area contributed by atoms with E-state index in [9.17, 15) is 0 Å². The molecule has 0 N–H and O–H groups in total. The Labute approximate surface area is 250 Å². The average molecular weight is 639 g/mol. The highest BCUT2D eigenvalue weighted by Crippen LogP contribution is 2.58. The molecular weight excluding hydrogens is 590 g/mol. The van der Waals surface area contributed by atoms with E-state index in [1.165, 1.54) is 83.2 Å². The fourth-order valence-corrected chi connectivity index (χ4v) is 12.4. The van der Waals surface area contributed by atoms with E-state index in [2.05, 4.69) is 97.9 Å². The Morgan fingerprint density at radius 1 is 0.526 bits per heavy atom. The van der Waals surface area contributed by atoms with Crippen molar-refractivity contribution in [2.75, 3.05) is 6.16 Å². The maximum Gasteiger partial charge on any atom is 0.112 e. The summed E-state index contributed by atoms with van der Waals surface area (Å²) in [5, 5.41) is 4.66. The number of hydrogen-bond donors (Lipinski definition) is 0. The summed E-state index contributed by atoms with van der Waals surface area (Å²) in [5.41, 5.74) is 0. The molecule has 0 spiro atoms. The summed E-state index contributed by atoms with van der Waals surface area (Å²) in [6.45, 7) is 2.33. The van der Waals surface area contributed by atoms with E-state index in [0.717, 1.165) is 23.7 Å². The summed E-state index contributed by atoms with van der Waals surface area (Å²) in [7, 11) is -1.70. The highest BCUT2D eigenvalue weighted by molar-refractivity contribution is 7.95. The van der Waals surface area contributed by atoms with Crippen LogP contribution in [-0.4, -0.2) is 6.16 Å². The second-order valence-corrected chi connectivity index (χ2v) is 15.6. The van der Waals surface area contributed by atoms with Crippen LogP contribution >= 0.6 is 7.26 Å². The molecule has 0 heterocycles. The van der Waals surface area contributed by atoms with E-state index >= 15 is 0 Å². The second-order valence-electron chi connectivity index (χ2n) is 12.1. The fourth-order valence-electron chi connectivity index (χ4n) is 7.67. The van der Waals surface area contributed by atoms with Gasteiger partial charge >= 0.3 is 0 Å². The molecule has 2 fully saturated rings. The topological polar surface area (TPSA) is 0 Å². The van der Waals surface area contributed by atoms with Crippen LogP contribution in [0, 0.1) is 23.7 Å². The van der Waals surface area contributed by atoms with Gasteiger partial charge in [0.15, 0.2) is 0 Å². The average Bonchev–Trinajstić information content (AvgIpc) is 2.98. The normalized spacial score (nSPS) is 23.9. The minimum atomic E-state index is -1.70. The van der Waals surface area contributed by atoms with Gasteiger partial charge in [-0.15, -0.1) is 0 Å². The minimum absolute atomic E-state index is 0. The van der Waals surface area contributed by atoms with Crippen LogP contribution < -0.4 is 39.9 Å². The molecule has 3 aromatic rings. The predicted octanol–water partition coefficient (Wildman–Crippen LogP) is 6.18. The maximum absolute atomic E-state index is 2.42. The van der Waals surface area contributed by atoms with Gasteiger partial charge in [-0.1, -0.05) is 100 Å². The van der Waals surface area contributed by atoms with Gasteiger partial charge in [0, 0.05) is 0 Å². The van der Waals surface area contributed by atoms with Crippen molar-refractivity contribution >= 4 is 23.2 Å². The van der Waals surface area contributed by atoms with E-state index in [4.69, 9.17) is 0 Å². The monoisotopic (exact) mass is 638 g/mol. The molecule has 0 atom stereocenters. The number of unbranched alkanes of at least 4 members (excludes halogenated alkanes) is 2. The van der Waals surface area contributed by atoms with Crippen LogP contribution in [-0.2, 0) is 0 Å². The molecule has 2 aliphatic carbocycles. The van der Waals surface area contributed by atoms with Crippen molar-refractivity contribution in [1.29, 1.82) is 0 Å². The molecule has 0 nitrogen and oxygen atoms in total. The van der Waals surface area contributed by atoms with Gasteiger partial charge in [0.05, 0.1) is 6.16 Å². The Morgan fingerprint density at radius 2 is 0.921 bits per heavy atom. The number of halogens is 1. The van der Waals surface area contributed by atoms with Gasteiger partial charge < -0.3 is 24.0 Å². The summed E-state index contributed by atoms with van der Waals surface area (Å²) in [6, 6.07) is 34.6. The van der Waals surface area contributed by atoms with Crippen molar-refractivity contribution in [1.82, 2.24) is 0 Å². The Hall–Kier alpha value is -1.18.